The first-order valence-corrected chi connectivity index (χ1v) is 7.89. The molecule has 20 heavy (non-hydrogen) atoms. The van der Waals surface area contributed by atoms with Gasteiger partial charge in [0.2, 0.25) is 5.91 Å². The number of amides is 3. The predicted octanol–water partition coefficient (Wildman–Crippen LogP) is 1.73. The fraction of sp³-hybridized carbons (Fsp3) is 0.867. The lowest BCUT2D eigenvalue weighted by Crippen LogP contribution is -2.50. The van der Waals surface area contributed by atoms with Gasteiger partial charge in [-0.25, -0.2) is 4.79 Å². The molecule has 5 heteroatoms. The zero-order valence-electron chi connectivity index (χ0n) is 12.7. The Kier molecular flexibility index (Phi) is 5.40. The number of carbonyl (C=O) groups is 2. The van der Waals surface area contributed by atoms with E-state index in [0.29, 0.717) is 18.4 Å². The SMILES string of the molecule is C[C@@H]1[C@H](C)CCC[C@H]1NC(=O)NC(=O)CN1CCCC1. The van der Waals surface area contributed by atoms with Crippen molar-refractivity contribution in [3.05, 3.63) is 0 Å². The second-order valence-electron chi connectivity index (χ2n) is 6.38. The van der Waals surface area contributed by atoms with Crippen molar-refractivity contribution in [1.29, 1.82) is 0 Å². The molecular formula is C15H27N3O2. The standard InChI is InChI=1S/C15H27N3O2/c1-11-6-5-7-13(12(11)2)16-15(20)17-14(19)10-18-8-3-4-9-18/h11-13H,3-10H2,1-2H3,(H2,16,17,19,20)/t11-,12-,13-/m1/s1. The lowest BCUT2D eigenvalue weighted by atomic mass is 9.78. The van der Waals surface area contributed by atoms with Gasteiger partial charge in [0.05, 0.1) is 6.54 Å². The van der Waals surface area contributed by atoms with Crippen LogP contribution in [-0.2, 0) is 4.79 Å². The summed E-state index contributed by atoms with van der Waals surface area (Å²) in [6.45, 7) is 6.68. The lowest BCUT2D eigenvalue weighted by molar-refractivity contribution is -0.120. The van der Waals surface area contributed by atoms with Gasteiger partial charge in [0.15, 0.2) is 0 Å². The van der Waals surface area contributed by atoms with Crippen LogP contribution in [0.15, 0.2) is 0 Å². The Balaban J connectivity index is 1.72. The quantitative estimate of drug-likeness (QED) is 0.828. The maximum atomic E-state index is 11.9. The summed E-state index contributed by atoms with van der Waals surface area (Å²) in [4.78, 5) is 25.8. The fourth-order valence-electron chi connectivity index (χ4n) is 3.30. The summed E-state index contributed by atoms with van der Waals surface area (Å²) < 4.78 is 0. The largest absolute Gasteiger partial charge is 0.335 e. The minimum atomic E-state index is -0.333. The highest BCUT2D eigenvalue weighted by Crippen LogP contribution is 2.29. The first-order chi connectivity index (χ1) is 9.56. The Morgan fingerprint density at radius 3 is 2.50 bits per heavy atom. The highest BCUT2D eigenvalue weighted by atomic mass is 16.2. The summed E-state index contributed by atoms with van der Waals surface area (Å²) >= 11 is 0. The van der Waals surface area contributed by atoms with Gasteiger partial charge in [-0.3, -0.25) is 15.0 Å². The molecule has 0 aromatic rings. The van der Waals surface area contributed by atoms with Crippen LogP contribution in [0.25, 0.3) is 0 Å². The van der Waals surface area contributed by atoms with Crippen molar-refractivity contribution in [2.75, 3.05) is 19.6 Å². The third-order valence-corrected chi connectivity index (χ3v) is 4.84. The van der Waals surface area contributed by atoms with Crippen molar-refractivity contribution in [2.24, 2.45) is 11.8 Å². The van der Waals surface area contributed by atoms with E-state index < -0.39 is 0 Å². The fourth-order valence-corrected chi connectivity index (χ4v) is 3.30. The highest BCUT2D eigenvalue weighted by molar-refractivity contribution is 5.95. The van der Waals surface area contributed by atoms with Crippen molar-refractivity contribution in [3.8, 4) is 0 Å². The Labute approximate surface area is 121 Å². The van der Waals surface area contributed by atoms with Crippen LogP contribution in [0.5, 0.6) is 0 Å². The summed E-state index contributed by atoms with van der Waals surface area (Å²) in [6.07, 6.45) is 5.69. The van der Waals surface area contributed by atoms with E-state index >= 15 is 0 Å². The molecule has 0 radical (unpaired) electrons. The van der Waals surface area contributed by atoms with E-state index in [2.05, 4.69) is 29.4 Å². The smallest absolute Gasteiger partial charge is 0.321 e. The van der Waals surface area contributed by atoms with Crippen LogP contribution in [0.1, 0.15) is 46.0 Å². The molecule has 2 fully saturated rings. The second-order valence-corrected chi connectivity index (χ2v) is 6.38. The molecule has 3 amide bonds. The number of hydrogen-bond acceptors (Lipinski definition) is 3. The maximum Gasteiger partial charge on any atom is 0.321 e. The van der Waals surface area contributed by atoms with Gasteiger partial charge in [0.1, 0.15) is 0 Å². The molecule has 1 saturated heterocycles. The number of imide groups is 1. The minimum absolute atomic E-state index is 0.193. The van der Waals surface area contributed by atoms with Crippen LogP contribution >= 0.6 is 0 Å². The molecule has 1 aliphatic carbocycles. The Morgan fingerprint density at radius 2 is 1.80 bits per heavy atom. The molecule has 3 atom stereocenters. The average molecular weight is 281 g/mol. The van der Waals surface area contributed by atoms with Gasteiger partial charge in [-0.2, -0.15) is 0 Å². The Morgan fingerprint density at radius 1 is 1.10 bits per heavy atom. The molecular weight excluding hydrogens is 254 g/mol. The number of nitrogens with one attached hydrogen (secondary N) is 2. The molecule has 0 aromatic heterocycles. The van der Waals surface area contributed by atoms with E-state index in [1.54, 1.807) is 0 Å². The van der Waals surface area contributed by atoms with Crippen LogP contribution in [0.2, 0.25) is 0 Å². The molecule has 2 N–H and O–H groups in total. The molecule has 1 heterocycles. The summed E-state index contributed by atoms with van der Waals surface area (Å²) in [5.41, 5.74) is 0. The predicted molar refractivity (Wildman–Crippen MR) is 78.3 cm³/mol. The monoisotopic (exact) mass is 281 g/mol. The van der Waals surface area contributed by atoms with Crippen molar-refractivity contribution >= 4 is 11.9 Å². The molecule has 2 rings (SSSR count). The summed E-state index contributed by atoms with van der Waals surface area (Å²) in [7, 11) is 0. The number of hydrogen-bond donors (Lipinski definition) is 2. The topological polar surface area (TPSA) is 61.4 Å². The molecule has 1 saturated carbocycles. The second kappa shape index (κ2) is 7.07. The zero-order valence-corrected chi connectivity index (χ0v) is 12.7. The Bertz CT molecular complexity index is 353. The van der Waals surface area contributed by atoms with Crippen LogP contribution in [0, 0.1) is 11.8 Å². The number of nitrogens with zero attached hydrogens (tertiary/aromatic N) is 1. The summed E-state index contributed by atoms with van der Waals surface area (Å²) in [6, 6.07) is -0.140. The van der Waals surface area contributed by atoms with Gasteiger partial charge in [-0.1, -0.05) is 26.7 Å². The van der Waals surface area contributed by atoms with Crippen molar-refractivity contribution in [3.63, 3.8) is 0 Å². The number of carbonyl (C=O) groups excluding carboxylic acids is 2. The van der Waals surface area contributed by atoms with Crippen LogP contribution in [0.4, 0.5) is 4.79 Å². The Hall–Kier alpha value is -1.10. The third-order valence-electron chi connectivity index (χ3n) is 4.84. The van der Waals surface area contributed by atoms with Crippen molar-refractivity contribution in [1.82, 2.24) is 15.5 Å². The number of urea groups is 1. The van der Waals surface area contributed by atoms with Gasteiger partial charge in [-0.05, 0) is 44.2 Å². The molecule has 114 valence electrons. The molecule has 1 aliphatic heterocycles. The number of rotatable bonds is 3. The van der Waals surface area contributed by atoms with E-state index in [-0.39, 0.29) is 18.0 Å². The van der Waals surface area contributed by atoms with E-state index in [0.717, 1.165) is 38.8 Å². The molecule has 0 unspecified atom stereocenters. The van der Waals surface area contributed by atoms with E-state index in [4.69, 9.17) is 0 Å². The van der Waals surface area contributed by atoms with Gasteiger partial charge in [0.25, 0.3) is 0 Å². The molecule has 5 nitrogen and oxygen atoms in total. The minimum Gasteiger partial charge on any atom is -0.335 e. The maximum absolute atomic E-state index is 11.9. The van der Waals surface area contributed by atoms with Gasteiger partial charge >= 0.3 is 6.03 Å². The van der Waals surface area contributed by atoms with Gasteiger partial charge < -0.3 is 5.32 Å². The molecule has 0 spiro atoms. The van der Waals surface area contributed by atoms with Crippen molar-refractivity contribution < 1.29 is 9.59 Å². The first-order valence-electron chi connectivity index (χ1n) is 7.89. The molecule has 0 aromatic carbocycles. The summed E-state index contributed by atoms with van der Waals surface area (Å²) in [5.74, 6) is 0.915. The van der Waals surface area contributed by atoms with Crippen molar-refractivity contribution in [2.45, 2.75) is 52.0 Å². The van der Waals surface area contributed by atoms with E-state index in [1.165, 1.54) is 6.42 Å². The van der Waals surface area contributed by atoms with E-state index in [1.807, 2.05) is 0 Å². The van der Waals surface area contributed by atoms with Crippen LogP contribution in [0.3, 0.4) is 0 Å². The summed E-state index contributed by atoms with van der Waals surface area (Å²) in [5, 5.41) is 5.42. The van der Waals surface area contributed by atoms with Crippen LogP contribution < -0.4 is 10.6 Å². The highest BCUT2D eigenvalue weighted by Gasteiger charge is 2.28. The zero-order chi connectivity index (χ0) is 14.5. The molecule has 2 aliphatic rings. The first kappa shape index (κ1) is 15.3. The average Bonchev–Trinajstić information content (AvgIpc) is 2.87. The lowest BCUT2D eigenvalue weighted by Gasteiger charge is -2.34. The van der Waals surface area contributed by atoms with E-state index in [9.17, 15) is 9.59 Å². The van der Waals surface area contributed by atoms with Crippen LogP contribution in [-0.4, -0.2) is 42.5 Å². The molecule has 0 bridgehead atoms. The normalized spacial score (nSPS) is 31.0. The number of likely N-dealkylation sites (tertiary alicyclic amines) is 1. The van der Waals surface area contributed by atoms with Gasteiger partial charge in [-0.15, -0.1) is 0 Å². The third kappa shape index (κ3) is 4.20. The van der Waals surface area contributed by atoms with Gasteiger partial charge in [0, 0.05) is 6.04 Å².